The molecule has 0 spiro atoms. The monoisotopic (exact) mass is 269 g/mol. The number of rotatable bonds is 3. The molecule has 2 aromatic rings. The van der Waals surface area contributed by atoms with E-state index in [-0.39, 0.29) is 5.91 Å². The summed E-state index contributed by atoms with van der Waals surface area (Å²) < 4.78 is 1.89. The molecule has 0 bridgehead atoms. The van der Waals surface area contributed by atoms with Crippen LogP contribution in [-0.4, -0.2) is 21.5 Å². The summed E-state index contributed by atoms with van der Waals surface area (Å²) in [5.74, 6) is 0.0275. The third kappa shape index (κ3) is 2.59. The van der Waals surface area contributed by atoms with Crippen LogP contribution in [0.15, 0.2) is 36.8 Å². The number of carbonyl (C=O) groups excluding carboxylic acids is 1. The Morgan fingerprint density at radius 1 is 1.25 bits per heavy atom. The van der Waals surface area contributed by atoms with Gasteiger partial charge in [-0.3, -0.25) is 9.78 Å². The molecule has 1 fully saturated rings. The van der Waals surface area contributed by atoms with E-state index in [0.717, 1.165) is 24.0 Å². The van der Waals surface area contributed by atoms with Gasteiger partial charge in [0.1, 0.15) is 5.69 Å². The van der Waals surface area contributed by atoms with Crippen molar-refractivity contribution in [2.45, 2.75) is 31.7 Å². The average molecular weight is 269 g/mol. The van der Waals surface area contributed by atoms with Crippen molar-refractivity contribution >= 4 is 5.91 Å². The molecule has 0 saturated heterocycles. The van der Waals surface area contributed by atoms with E-state index >= 15 is 0 Å². The zero-order valence-corrected chi connectivity index (χ0v) is 11.7. The van der Waals surface area contributed by atoms with Crippen LogP contribution in [0.4, 0.5) is 0 Å². The fourth-order valence-electron chi connectivity index (χ4n) is 2.82. The first-order valence-corrected chi connectivity index (χ1v) is 7.11. The van der Waals surface area contributed by atoms with Crippen LogP contribution in [-0.2, 0) is 7.05 Å². The van der Waals surface area contributed by atoms with Gasteiger partial charge in [0.05, 0.1) is 0 Å². The van der Waals surface area contributed by atoms with Crippen molar-refractivity contribution in [1.82, 2.24) is 14.9 Å². The number of aryl methyl sites for hydroxylation is 1. The Morgan fingerprint density at radius 3 is 2.65 bits per heavy atom. The van der Waals surface area contributed by atoms with Crippen molar-refractivity contribution in [3.05, 3.63) is 42.5 Å². The first-order chi connectivity index (χ1) is 9.74. The van der Waals surface area contributed by atoms with Crippen molar-refractivity contribution in [2.24, 2.45) is 7.05 Å². The molecule has 1 aliphatic carbocycles. The molecule has 0 aromatic carbocycles. The molecule has 3 rings (SSSR count). The smallest absolute Gasteiger partial charge is 0.268 e. The minimum absolute atomic E-state index is 0.0275. The van der Waals surface area contributed by atoms with Gasteiger partial charge in [-0.2, -0.15) is 0 Å². The Balaban J connectivity index is 1.80. The molecule has 4 nitrogen and oxygen atoms in total. The van der Waals surface area contributed by atoms with Gasteiger partial charge in [-0.25, -0.2) is 0 Å². The molecule has 1 amide bonds. The Morgan fingerprint density at radius 2 is 1.95 bits per heavy atom. The highest BCUT2D eigenvalue weighted by molar-refractivity contribution is 5.94. The van der Waals surface area contributed by atoms with Gasteiger partial charge in [0.2, 0.25) is 0 Å². The van der Waals surface area contributed by atoms with Crippen LogP contribution in [0.5, 0.6) is 0 Å². The lowest BCUT2D eigenvalue weighted by Crippen LogP contribution is -2.33. The van der Waals surface area contributed by atoms with Crippen LogP contribution < -0.4 is 5.32 Å². The van der Waals surface area contributed by atoms with E-state index in [1.165, 1.54) is 12.8 Å². The molecular formula is C16H19N3O. The maximum absolute atomic E-state index is 12.3. The minimum Gasteiger partial charge on any atom is -0.348 e. The number of nitrogens with zero attached hydrogens (tertiary/aromatic N) is 2. The molecule has 1 saturated carbocycles. The maximum atomic E-state index is 12.3. The lowest BCUT2D eigenvalue weighted by atomic mass is 10.1. The second kappa shape index (κ2) is 5.49. The summed E-state index contributed by atoms with van der Waals surface area (Å²) in [6, 6.07) is 6.20. The SMILES string of the molecule is Cn1cc(-c2ccncc2)cc1C(=O)NC1CCCC1. The number of nitrogens with one attached hydrogen (secondary N) is 1. The Hall–Kier alpha value is -2.10. The predicted molar refractivity (Wildman–Crippen MR) is 78.4 cm³/mol. The fourth-order valence-corrected chi connectivity index (χ4v) is 2.82. The highest BCUT2D eigenvalue weighted by Crippen LogP contribution is 2.22. The van der Waals surface area contributed by atoms with Gasteiger partial charge in [0.15, 0.2) is 0 Å². The van der Waals surface area contributed by atoms with Gasteiger partial charge in [0.25, 0.3) is 5.91 Å². The van der Waals surface area contributed by atoms with Crippen molar-refractivity contribution < 1.29 is 4.79 Å². The summed E-state index contributed by atoms with van der Waals surface area (Å²) in [6.07, 6.45) is 10.2. The van der Waals surface area contributed by atoms with Crippen molar-refractivity contribution in [2.75, 3.05) is 0 Å². The van der Waals surface area contributed by atoms with Crippen molar-refractivity contribution in [3.63, 3.8) is 0 Å². The molecule has 0 aliphatic heterocycles. The van der Waals surface area contributed by atoms with Crippen LogP contribution in [0.3, 0.4) is 0 Å². The molecule has 0 radical (unpaired) electrons. The zero-order valence-electron chi connectivity index (χ0n) is 11.7. The van der Waals surface area contributed by atoms with E-state index in [4.69, 9.17) is 0 Å². The van der Waals surface area contributed by atoms with Crippen LogP contribution in [0, 0.1) is 0 Å². The number of hydrogen-bond donors (Lipinski definition) is 1. The molecule has 2 aromatic heterocycles. The number of hydrogen-bond acceptors (Lipinski definition) is 2. The predicted octanol–water partition coefficient (Wildman–Crippen LogP) is 2.76. The van der Waals surface area contributed by atoms with E-state index in [1.807, 2.05) is 36.0 Å². The van der Waals surface area contributed by atoms with Crippen LogP contribution >= 0.6 is 0 Å². The Kier molecular flexibility index (Phi) is 3.54. The van der Waals surface area contributed by atoms with Crippen molar-refractivity contribution in [3.8, 4) is 11.1 Å². The summed E-state index contributed by atoms with van der Waals surface area (Å²) in [5.41, 5.74) is 2.84. The normalized spacial score (nSPS) is 15.4. The first kappa shape index (κ1) is 12.9. The number of carbonyl (C=O) groups is 1. The Bertz CT molecular complexity index is 597. The third-order valence-corrected chi connectivity index (χ3v) is 3.94. The second-order valence-electron chi connectivity index (χ2n) is 5.42. The highest BCUT2D eigenvalue weighted by Gasteiger charge is 2.20. The fraction of sp³-hybridized carbons (Fsp3) is 0.375. The standard InChI is InChI=1S/C16H19N3O/c1-19-11-13(12-6-8-17-9-7-12)10-15(19)16(20)18-14-4-2-3-5-14/h6-11,14H,2-5H2,1H3,(H,18,20). The molecule has 1 aliphatic rings. The molecule has 104 valence electrons. The van der Waals surface area contributed by atoms with Gasteiger partial charge in [-0.15, -0.1) is 0 Å². The van der Waals surface area contributed by atoms with Gasteiger partial charge >= 0.3 is 0 Å². The van der Waals surface area contributed by atoms with Crippen LogP contribution in [0.25, 0.3) is 11.1 Å². The van der Waals surface area contributed by atoms with Gasteiger partial charge in [-0.05, 0) is 36.6 Å². The van der Waals surface area contributed by atoms with Crippen LogP contribution in [0.1, 0.15) is 36.2 Å². The van der Waals surface area contributed by atoms with Gasteiger partial charge in [-0.1, -0.05) is 12.8 Å². The summed E-state index contributed by atoms with van der Waals surface area (Å²) in [5, 5.41) is 3.13. The van der Waals surface area contributed by atoms with E-state index in [1.54, 1.807) is 12.4 Å². The van der Waals surface area contributed by atoms with Crippen molar-refractivity contribution in [1.29, 1.82) is 0 Å². The average Bonchev–Trinajstić information content (AvgIpc) is 3.09. The number of amides is 1. The minimum atomic E-state index is 0.0275. The Labute approximate surface area is 118 Å². The molecule has 2 heterocycles. The molecule has 0 atom stereocenters. The number of aromatic nitrogens is 2. The summed E-state index contributed by atoms with van der Waals surface area (Å²) in [7, 11) is 1.91. The highest BCUT2D eigenvalue weighted by atomic mass is 16.2. The first-order valence-electron chi connectivity index (χ1n) is 7.11. The third-order valence-electron chi connectivity index (χ3n) is 3.94. The molecule has 1 N–H and O–H groups in total. The zero-order chi connectivity index (χ0) is 13.9. The van der Waals surface area contributed by atoms with Crippen LogP contribution in [0.2, 0.25) is 0 Å². The molecule has 4 heteroatoms. The van der Waals surface area contributed by atoms with Gasteiger partial charge < -0.3 is 9.88 Å². The second-order valence-corrected chi connectivity index (χ2v) is 5.42. The largest absolute Gasteiger partial charge is 0.348 e. The molecule has 0 unspecified atom stereocenters. The summed E-state index contributed by atoms with van der Waals surface area (Å²) in [6.45, 7) is 0. The maximum Gasteiger partial charge on any atom is 0.268 e. The lowest BCUT2D eigenvalue weighted by Gasteiger charge is -2.11. The number of pyridine rings is 1. The topological polar surface area (TPSA) is 46.9 Å². The quantitative estimate of drug-likeness (QED) is 0.931. The summed E-state index contributed by atoms with van der Waals surface area (Å²) >= 11 is 0. The lowest BCUT2D eigenvalue weighted by molar-refractivity contribution is 0.0929. The van der Waals surface area contributed by atoms with E-state index < -0.39 is 0 Å². The van der Waals surface area contributed by atoms with E-state index in [9.17, 15) is 4.79 Å². The molecule has 20 heavy (non-hydrogen) atoms. The molecular weight excluding hydrogens is 250 g/mol. The van der Waals surface area contributed by atoms with E-state index in [0.29, 0.717) is 11.7 Å². The summed E-state index contributed by atoms with van der Waals surface area (Å²) in [4.78, 5) is 16.3. The van der Waals surface area contributed by atoms with E-state index in [2.05, 4.69) is 10.3 Å². The van der Waals surface area contributed by atoms with Gasteiger partial charge in [0, 0.05) is 37.2 Å².